The molecule has 6 nitrogen and oxygen atoms in total. The highest BCUT2D eigenvalue weighted by molar-refractivity contribution is 5.77. The van der Waals surface area contributed by atoms with Gasteiger partial charge in [0.15, 0.2) is 0 Å². The average molecular weight is 874 g/mol. The number of esters is 1. The molecule has 0 aliphatic rings. The molecule has 0 aromatic heterocycles. The molecule has 0 aliphatic heterocycles. The molecule has 62 heavy (non-hydrogen) atoms. The van der Waals surface area contributed by atoms with E-state index in [9.17, 15) is 19.8 Å². The van der Waals surface area contributed by atoms with Gasteiger partial charge in [-0.25, -0.2) is 0 Å². The molecule has 0 spiro atoms. The highest BCUT2D eigenvalue weighted by atomic mass is 16.5. The summed E-state index contributed by atoms with van der Waals surface area (Å²) in [5.41, 5.74) is 0. The molecule has 0 aliphatic carbocycles. The number of ether oxygens (including phenoxy) is 1. The van der Waals surface area contributed by atoms with Crippen molar-refractivity contribution in [2.45, 2.75) is 315 Å². The van der Waals surface area contributed by atoms with Crippen LogP contribution in [0.15, 0.2) is 24.3 Å². The molecule has 0 fully saturated rings. The molecule has 0 saturated heterocycles. The number of aliphatic hydroxyl groups excluding tert-OH is 2. The van der Waals surface area contributed by atoms with Crippen molar-refractivity contribution in [2.75, 3.05) is 6.61 Å². The van der Waals surface area contributed by atoms with Crippen molar-refractivity contribution in [1.82, 2.24) is 5.32 Å². The Labute approximate surface area is 386 Å². The quantitative estimate of drug-likeness (QED) is 0.0321. The topological polar surface area (TPSA) is 95.9 Å². The fraction of sp³-hybridized carbons (Fsp3) is 0.893. The van der Waals surface area contributed by atoms with Gasteiger partial charge in [0.25, 0.3) is 0 Å². The summed E-state index contributed by atoms with van der Waals surface area (Å²) in [6, 6.07) is -0.698. The van der Waals surface area contributed by atoms with Crippen LogP contribution in [0.3, 0.4) is 0 Å². The Morgan fingerprint density at radius 2 is 0.871 bits per heavy atom. The normalized spacial score (nSPS) is 13.3. The van der Waals surface area contributed by atoms with Gasteiger partial charge >= 0.3 is 5.97 Å². The van der Waals surface area contributed by atoms with Gasteiger partial charge < -0.3 is 20.3 Å². The number of carbonyl (C=O) groups excluding carboxylic acids is 2. The molecule has 0 aromatic rings. The fourth-order valence-electron chi connectivity index (χ4n) is 8.65. The first-order valence-corrected chi connectivity index (χ1v) is 27.6. The summed E-state index contributed by atoms with van der Waals surface area (Å²) in [6.07, 6.45) is 58.1. The summed E-state index contributed by atoms with van der Waals surface area (Å²) in [6.45, 7) is 6.41. The molecule has 3 unspecified atom stereocenters. The summed E-state index contributed by atoms with van der Waals surface area (Å²) < 4.78 is 5.95. The monoisotopic (exact) mass is 874 g/mol. The number of unbranched alkanes of at least 4 members (excludes halogenated alkanes) is 34. The number of hydrogen-bond donors (Lipinski definition) is 3. The summed E-state index contributed by atoms with van der Waals surface area (Å²) in [5.74, 6) is -0.465. The van der Waals surface area contributed by atoms with Crippen molar-refractivity contribution in [3.63, 3.8) is 0 Å². The molecule has 0 bridgehead atoms. The van der Waals surface area contributed by atoms with Gasteiger partial charge in [-0.3, -0.25) is 9.59 Å². The number of nitrogens with one attached hydrogen (secondary N) is 1. The van der Waals surface area contributed by atoms with Crippen molar-refractivity contribution in [2.24, 2.45) is 0 Å². The van der Waals surface area contributed by atoms with Crippen molar-refractivity contribution in [3.05, 3.63) is 24.3 Å². The van der Waals surface area contributed by atoms with Crippen LogP contribution in [0, 0.1) is 0 Å². The summed E-state index contributed by atoms with van der Waals surface area (Å²) in [5, 5.41) is 23.8. The summed E-state index contributed by atoms with van der Waals surface area (Å²) in [4.78, 5) is 26.2. The van der Waals surface area contributed by atoms with Crippen molar-refractivity contribution in [3.8, 4) is 0 Å². The molecule has 3 atom stereocenters. The molecule has 0 saturated carbocycles. The smallest absolute Gasteiger partial charge is 0.306 e. The van der Waals surface area contributed by atoms with Crippen molar-refractivity contribution in [1.29, 1.82) is 0 Å². The molecule has 6 heteroatoms. The van der Waals surface area contributed by atoms with E-state index in [0.717, 1.165) is 64.2 Å². The zero-order chi connectivity index (χ0) is 45.2. The Balaban J connectivity index is 4.53. The first-order valence-electron chi connectivity index (χ1n) is 27.6. The Morgan fingerprint density at radius 3 is 1.31 bits per heavy atom. The van der Waals surface area contributed by atoms with Crippen LogP contribution < -0.4 is 5.32 Å². The second-order valence-corrected chi connectivity index (χ2v) is 19.0. The van der Waals surface area contributed by atoms with Crippen LogP contribution in [0.25, 0.3) is 0 Å². The SMILES string of the molecule is CC/C=C/C/C=C/CCCCCCCCCC(=O)OC(CCCCCCCCCCCCCCCCC)CC(=O)NC(CO)C(O)CCCCCCCCCCCCCCCC. The zero-order valence-electron chi connectivity index (χ0n) is 41.8. The van der Waals surface area contributed by atoms with Crippen LogP contribution in [0.4, 0.5) is 0 Å². The number of allylic oxidation sites excluding steroid dienone is 4. The van der Waals surface area contributed by atoms with Gasteiger partial charge in [-0.05, 0) is 51.4 Å². The van der Waals surface area contributed by atoms with Gasteiger partial charge in [-0.1, -0.05) is 257 Å². The van der Waals surface area contributed by atoms with E-state index in [0.29, 0.717) is 19.3 Å². The maximum atomic E-state index is 13.2. The maximum Gasteiger partial charge on any atom is 0.306 e. The first kappa shape index (κ1) is 60.3. The van der Waals surface area contributed by atoms with Gasteiger partial charge in [0.05, 0.1) is 25.2 Å². The lowest BCUT2D eigenvalue weighted by atomic mass is 10.0. The Morgan fingerprint density at radius 1 is 0.484 bits per heavy atom. The molecule has 1 amide bonds. The van der Waals surface area contributed by atoms with E-state index in [4.69, 9.17) is 4.74 Å². The largest absolute Gasteiger partial charge is 0.462 e. The Hall–Kier alpha value is -1.66. The van der Waals surface area contributed by atoms with E-state index < -0.39 is 18.2 Å². The lowest BCUT2D eigenvalue weighted by Crippen LogP contribution is -2.46. The maximum absolute atomic E-state index is 13.2. The summed E-state index contributed by atoms with van der Waals surface area (Å²) in [7, 11) is 0. The van der Waals surface area contributed by atoms with Gasteiger partial charge in [0, 0.05) is 6.42 Å². The second-order valence-electron chi connectivity index (χ2n) is 19.0. The van der Waals surface area contributed by atoms with E-state index in [1.54, 1.807) is 0 Å². The average Bonchev–Trinajstić information content (AvgIpc) is 3.26. The lowest BCUT2D eigenvalue weighted by Gasteiger charge is -2.24. The molecule has 0 heterocycles. The first-order chi connectivity index (χ1) is 30.5. The molecule has 366 valence electrons. The standard InChI is InChI=1S/C56H107NO5/c1-4-7-10-13-16-19-22-25-28-29-32-35-38-41-44-47-52(62-56(61)49-46-43-40-37-34-31-27-24-21-18-15-12-9-6-3)50-55(60)57-53(51-58)54(59)48-45-42-39-36-33-30-26-23-20-17-14-11-8-5-2/h9,12,18,21,52-54,58-59H,4-8,10-11,13-17,19-20,22-51H2,1-3H3,(H,57,60)/b12-9+,21-18+. The lowest BCUT2D eigenvalue weighted by molar-refractivity contribution is -0.151. The Bertz CT molecular complexity index is 981. The molecule has 3 N–H and O–H groups in total. The van der Waals surface area contributed by atoms with Crippen LogP contribution in [0.2, 0.25) is 0 Å². The third kappa shape index (κ3) is 44.9. The fourth-order valence-corrected chi connectivity index (χ4v) is 8.65. The van der Waals surface area contributed by atoms with Crippen molar-refractivity contribution >= 4 is 11.9 Å². The number of aliphatic hydroxyl groups is 2. The van der Waals surface area contributed by atoms with Crippen LogP contribution >= 0.6 is 0 Å². The minimum absolute atomic E-state index is 0.0804. The van der Waals surface area contributed by atoms with Gasteiger partial charge in [0.1, 0.15) is 6.10 Å². The third-order valence-corrected chi connectivity index (χ3v) is 12.8. The van der Waals surface area contributed by atoms with Gasteiger partial charge in [-0.2, -0.15) is 0 Å². The molecular weight excluding hydrogens is 767 g/mol. The van der Waals surface area contributed by atoms with Crippen LogP contribution in [-0.4, -0.2) is 46.9 Å². The minimum atomic E-state index is -0.785. The number of amides is 1. The molecular formula is C56H107NO5. The minimum Gasteiger partial charge on any atom is -0.462 e. The molecule has 0 radical (unpaired) electrons. The number of hydrogen-bond acceptors (Lipinski definition) is 5. The van der Waals surface area contributed by atoms with E-state index >= 15 is 0 Å². The van der Waals surface area contributed by atoms with Crippen molar-refractivity contribution < 1.29 is 24.5 Å². The Kier molecular flexibility index (Phi) is 49.0. The third-order valence-electron chi connectivity index (χ3n) is 12.8. The van der Waals surface area contributed by atoms with E-state index in [1.165, 1.54) is 186 Å². The van der Waals surface area contributed by atoms with E-state index in [2.05, 4.69) is 50.4 Å². The summed E-state index contributed by atoms with van der Waals surface area (Å²) >= 11 is 0. The number of rotatable bonds is 50. The highest BCUT2D eigenvalue weighted by Gasteiger charge is 2.24. The second kappa shape index (κ2) is 50.3. The predicted octanol–water partition coefficient (Wildman–Crippen LogP) is 16.7. The number of carbonyl (C=O) groups is 2. The zero-order valence-corrected chi connectivity index (χ0v) is 41.8. The molecule has 0 rings (SSSR count). The van der Waals surface area contributed by atoms with Gasteiger partial charge in [-0.15, -0.1) is 0 Å². The highest BCUT2D eigenvalue weighted by Crippen LogP contribution is 2.19. The van der Waals surface area contributed by atoms with Crippen LogP contribution in [0.1, 0.15) is 297 Å². The van der Waals surface area contributed by atoms with Crippen LogP contribution in [-0.2, 0) is 14.3 Å². The van der Waals surface area contributed by atoms with Crippen LogP contribution in [0.5, 0.6) is 0 Å². The molecule has 0 aromatic carbocycles. The van der Waals surface area contributed by atoms with E-state index in [1.807, 2.05) is 0 Å². The van der Waals surface area contributed by atoms with Gasteiger partial charge in [0.2, 0.25) is 5.91 Å². The van der Waals surface area contributed by atoms with E-state index in [-0.39, 0.29) is 24.9 Å². The predicted molar refractivity (Wildman–Crippen MR) is 269 cm³/mol.